The number of hydrogen-bond acceptors (Lipinski definition) is 6. The van der Waals surface area contributed by atoms with E-state index < -0.39 is 11.9 Å². The van der Waals surface area contributed by atoms with Crippen LogP contribution in [0.15, 0.2) is 10.1 Å². The zero-order valence-electron chi connectivity index (χ0n) is 8.10. The van der Waals surface area contributed by atoms with Crippen LogP contribution in [0.2, 0.25) is 0 Å². The number of unbranched alkanes of at least 4 members (excludes halogenated alkanes) is 1. The molecule has 82 valence electrons. The van der Waals surface area contributed by atoms with Crippen molar-refractivity contribution in [3.8, 4) is 0 Å². The number of hydrogen-bond donors (Lipinski definition) is 2. The topological polar surface area (TPSA) is 114 Å². The van der Waals surface area contributed by atoms with Crippen LogP contribution in [0.1, 0.15) is 19.3 Å². The lowest BCUT2D eigenvalue weighted by Crippen LogP contribution is -2.32. The van der Waals surface area contributed by atoms with Crippen molar-refractivity contribution >= 4 is 18.1 Å². The van der Waals surface area contributed by atoms with E-state index in [1.54, 1.807) is 0 Å². The highest BCUT2D eigenvalue weighted by Crippen LogP contribution is 2.02. The Bertz CT molecular complexity index is 292. The molecule has 3 N–H and O–H groups in total. The molecular weight excluding hydrogens is 200 g/mol. The van der Waals surface area contributed by atoms with Gasteiger partial charge in [0.1, 0.15) is 6.04 Å². The first-order chi connectivity index (χ1) is 7.26. The molecule has 0 saturated heterocycles. The molecule has 7 heteroatoms. The summed E-state index contributed by atoms with van der Waals surface area (Å²) in [6.07, 6.45) is 4.17. The van der Waals surface area contributed by atoms with Crippen molar-refractivity contribution in [2.75, 3.05) is 6.54 Å². The van der Waals surface area contributed by atoms with Crippen molar-refractivity contribution in [2.24, 2.45) is 15.8 Å². The molecule has 0 spiro atoms. The minimum absolute atomic E-state index is 0.395. The Hall–Kier alpha value is -1.81. The molecule has 0 bridgehead atoms. The van der Waals surface area contributed by atoms with E-state index in [4.69, 9.17) is 5.73 Å². The van der Waals surface area contributed by atoms with Crippen molar-refractivity contribution in [1.29, 1.82) is 0 Å². The largest absolute Gasteiger partial charge is 0.330 e. The van der Waals surface area contributed by atoms with Crippen LogP contribution in [-0.4, -0.2) is 30.7 Å². The Morgan fingerprint density at radius 3 is 2.60 bits per heavy atom. The zero-order valence-corrected chi connectivity index (χ0v) is 8.10. The van der Waals surface area contributed by atoms with Crippen LogP contribution in [-0.2, 0) is 14.4 Å². The summed E-state index contributed by atoms with van der Waals surface area (Å²) >= 11 is 0. The fourth-order valence-corrected chi connectivity index (χ4v) is 0.963. The fourth-order valence-electron chi connectivity index (χ4n) is 0.963. The van der Waals surface area contributed by atoms with E-state index in [0.717, 1.165) is 12.5 Å². The van der Waals surface area contributed by atoms with E-state index in [9.17, 15) is 14.4 Å². The predicted molar refractivity (Wildman–Crippen MR) is 51.1 cm³/mol. The summed E-state index contributed by atoms with van der Waals surface area (Å²) in [4.78, 5) is 33.7. The number of carbonyl (C=O) groups is 1. The van der Waals surface area contributed by atoms with E-state index in [-0.39, 0.29) is 0 Å². The van der Waals surface area contributed by atoms with E-state index in [1.165, 1.54) is 6.08 Å². The average Bonchev–Trinajstić information content (AvgIpc) is 2.23. The number of aliphatic imine (C=N–C) groups is 1. The molecule has 0 unspecified atom stereocenters. The lowest BCUT2D eigenvalue weighted by atomic mass is 10.1. The summed E-state index contributed by atoms with van der Waals surface area (Å²) < 4.78 is 0. The van der Waals surface area contributed by atoms with Crippen LogP contribution in [0.25, 0.3) is 0 Å². The first kappa shape index (κ1) is 13.2. The molecule has 0 aliphatic rings. The van der Waals surface area contributed by atoms with Gasteiger partial charge in [0.05, 0.1) is 0 Å². The third-order valence-corrected chi connectivity index (χ3v) is 1.67. The van der Waals surface area contributed by atoms with Crippen LogP contribution >= 0.6 is 0 Å². The Morgan fingerprint density at radius 1 is 1.33 bits per heavy atom. The van der Waals surface area contributed by atoms with Gasteiger partial charge in [0.15, 0.2) is 0 Å². The van der Waals surface area contributed by atoms with Crippen molar-refractivity contribution in [3.63, 3.8) is 0 Å². The first-order valence-corrected chi connectivity index (χ1v) is 4.40. The number of isocyanates is 2. The van der Waals surface area contributed by atoms with Gasteiger partial charge in [-0.15, -0.1) is 4.99 Å². The van der Waals surface area contributed by atoms with Crippen molar-refractivity contribution < 1.29 is 14.4 Å². The summed E-state index contributed by atoms with van der Waals surface area (Å²) in [6, 6.07) is -0.792. The molecule has 0 aromatic carbocycles. The van der Waals surface area contributed by atoms with Gasteiger partial charge < -0.3 is 5.73 Å². The number of rotatable bonds is 7. The molecule has 0 aliphatic heterocycles. The van der Waals surface area contributed by atoms with Gasteiger partial charge in [0.25, 0.3) is 12.0 Å². The molecular formula is C8H12N4O3. The second-order valence-electron chi connectivity index (χ2n) is 2.71. The lowest BCUT2D eigenvalue weighted by molar-refractivity contribution is -0.119. The summed E-state index contributed by atoms with van der Waals surface area (Å²) in [5, 5.41) is 3.06. The molecule has 0 aromatic rings. The Balaban J connectivity index is 4.22. The highest BCUT2D eigenvalue weighted by atomic mass is 16.2. The Kier molecular flexibility index (Phi) is 7.71. The summed E-state index contributed by atoms with van der Waals surface area (Å²) in [5.74, 6) is -0.707. The second kappa shape index (κ2) is 8.77. The number of hydrazone groups is 1. The molecule has 0 fully saturated rings. The van der Waals surface area contributed by atoms with Crippen LogP contribution in [0.4, 0.5) is 0 Å². The number of amides is 1. The maximum absolute atomic E-state index is 11.1. The minimum Gasteiger partial charge on any atom is -0.330 e. The normalized spacial score (nSPS) is 10.7. The van der Waals surface area contributed by atoms with Crippen LogP contribution < -0.4 is 11.2 Å². The maximum atomic E-state index is 11.1. The standard InChI is InChI=1S/C8H12N4O3/c9-4-2-1-3-7(12-11-6-14)8(15)10-5-13/h7,12H,1-4,9H2/t7-/m0/s1. The molecule has 0 aliphatic carbocycles. The van der Waals surface area contributed by atoms with E-state index in [2.05, 4.69) is 15.5 Å². The summed E-state index contributed by atoms with van der Waals surface area (Å²) in [5.41, 5.74) is 7.52. The second-order valence-corrected chi connectivity index (χ2v) is 2.71. The van der Waals surface area contributed by atoms with Crippen LogP contribution in [0.3, 0.4) is 0 Å². The number of nitrogens with two attached hydrogens (primary N) is 1. The predicted octanol–water partition coefficient (Wildman–Crippen LogP) is -0.813. The van der Waals surface area contributed by atoms with Gasteiger partial charge in [-0.25, -0.2) is 9.59 Å². The summed E-state index contributed by atoms with van der Waals surface area (Å²) in [6.45, 7) is 0.509. The third-order valence-electron chi connectivity index (χ3n) is 1.67. The van der Waals surface area contributed by atoms with Gasteiger partial charge in [0.2, 0.25) is 6.08 Å². The van der Waals surface area contributed by atoms with Gasteiger partial charge in [0, 0.05) is 0 Å². The summed E-state index contributed by atoms with van der Waals surface area (Å²) in [7, 11) is 0. The van der Waals surface area contributed by atoms with Crippen molar-refractivity contribution in [3.05, 3.63) is 0 Å². The van der Waals surface area contributed by atoms with Gasteiger partial charge in [-0.2, -0.15) is 0 Å². The molecule has 1 amide bonds. The van der Waals surface area contributed by atoms with Gasteiger partial charge in [-0.05, 0) is 25.8 Å². The minimum atomic E-state index is -0.792. The highest BCUT2D eigenvalue weighted by molar-refractivity contribution is 5.86. The molecule has 1 atom stereocenters. The lowest BCUT2D eigenvalue weighted by Gasteiger charge is -2.09. The Morgan fingerprint density at radius 2 is 2.07 bits per heavy atom. The van der Waals surface area contributed by atoms with Crippen molar-refractivity contribution in [1.82, 2.24) is 5.43 Å². The molecule has 0 aromatic heterocycles. The fraction of sp³-hybridized carbons (Fsp3) is 0.625. The van der Waals surface area contributed by atoms with E-state index in [0.29, 0.717) is 19.4 Å². The number of nitrogens with one attached hydrogen (secondary N) is 1. The monoisotopic (exact) mass is 212 g/mol. The molecule has 0 saturated carbocycles. The average molecular weight is 212 g/mol. The molecule has 7 nitrogen and oxygen atoms in total. The molecule has 0 radical (unpaired) electrons. The SMILES string of the molecule is NCCCC[C@H](NN=C=O)C(=O)N=C=O. The van der Waals surface area contributed by atoms with Crippen molar-refractivity contribution in [2.45, 2.75) is 25.3 Å². The van der Waals surface area contributed by atoms with Crippen LogP contribution in [0, 0.1) is 0 Å². The van der Waals surface area contributed by atoms with Gasteiger partial charge in [-0.1, -0.05) is 5.10 Å². The number of nitrogens with zero attached hydrogens (tertiary/aromatic N) is 2. The molecule has 15 heavy (non-hydrogen) atoms. The molecule has 0 heterocycles. The van der Waals surface area contributed by atoms with E-state index >= 15 is 0 Å². The number of carbonyl (C=O) groups excluding carboxylic acids is 3. The molecule has 0 rings (SSSR count). The smallest absolute Gasteiger partial charge is 0.280 e. The Labute approximate surface area is 86.4 Å². The first-order valence-electron chi connectivity index (χ1n) is 4.40. The van der Waals surface area contributed by atoms with Crippen LogP contribution in [0.5, 0.6) is 0 Å². The highest BCUT2D eigenvalue weighted by Gasteiger charge is 2.16. The zero-order chi connectivity index (χ0) is 11.5. The maximum Gasteiger partial charge on any atom is 0.280 e. The third kappa shape index (κ3) is 6.29. The quantitative estimate of drug-likeness (QED) is 0.248. The van der Waals surface area contributed by atoms with Gasteiger partial charge in [-0.3, -0.25) is 10.2 Å². The van der Waals surface area contributed by atoms with E-state index in [1.807, 2.05) is 0 Å². The van der Waals surface area contributed by atoms with Gasteiger partial charge >= 0.3 is 0 Å².